The molecule has 0 unspecified atom stereocenters. The smallest absolute Gasteiger partial charge is 0.303 e. The molecule has 0 heterocycles. The van der Waals surface area contributed by atoms with Crippen LogP contribution in [-0.2, 0) is 14.3 Å². The van der Waals surface area contributed by atoms with Gasteiger partial charge in [0.15, 0.2) is 11.4 Å². The number of hydrogen-bond donors (Lipinski definition) is 0. The van der Waals surface area contributed by atoms with E-state index in [1.807, 2.05) is 0 Å². The first-order valence-electron chi connectivity index (χ1n) is 4.77. The van der Waals surface area contributed by atoms with Crippen molar-refractivity contribution in [2.45, 2.75) is 51.6 Å². The summed E-state index contributed by atoms with van der Waals surface area (Å²) in [5.41, 5.74) is -0.788. The summed E-state index contributed by atoms with van der Waals surface area (Å²) in [6.07, 6.45) is 4.49. The predicted molar refractivity (Wildman–Crippen MR) is 48.3 cm³/mol. The first kappa shape index (κ1) is 10.2. The van der Waals surface area contributed by atoms with Gasteiger partial charge in [-0.2, -0.15) is 0 Å². The summed E-state index contributed by atoms with van der Waals surface area (Å²) in [6.45, 7) is 2.87. The maximum absolute atomic E-state index is 11.4. The molecule has 0 aromatic carbocycles. The Balaban J connectivity index is 2.73. The fourth-order valence-electron chi connectivity index (χ4n) is 1.92. The second-order valence-corrected chi connectivity index (χ2v) is 3.70. The summed E-state index contributed by atoms with van der Waals surface area (Å²) in [5.74, 6) is -0.362. The van der Waals surface area contributed by atoms with Gasteiger partial charge in [-0.3, -0.25) is 9.59 Å². The molecule has 0 aromatic rings. The zero-order valence-electron chi connectivity index (χ0n) is 8.26. The molecule has 0 N–H and O–H groups in total. The second-order valence-electron chi connectivity index (χ2n) is 3.70. The Hall–Kier alpha value is -0.860. The fourth-order valence-corrected chi connectivity index (χ4v) is 1.92. The van der Waals surface area contributed by atoms with Crippen molar-refractivity contribution >= 4 is 11.8 Å². The van der Waals surface area contributed by atoms with E-state index in [2.05, 4.69) is 0 Å². The Morgan fingerprint density at radius 2 is 1.77 bits per heavy atom. The van der Waals surface area contributed by atoms with Gasteiger partial charge in [0.2, 0.25) is 0 Å². The van der Waals surface area contributed by atoms with Crippen LogP contribution in [0.2, 0.25) is 0 Å². The number of ether oxygens (including phenoxy) is 1. The van der Waals surface area contributed by atoms with Crippen LogP contribution in [0.4, 0.5) is 0 Å². The molecule has 13 heavy (non-hydrogen) atoms. The Morgan fingerprint density at radius 1 is 1.23 bits per heavy atom. The Morgan fingerprint density at radius 3 is 2.15 bits per heavy atom. The van der Waals surface area contributed by atoms with Gasteiger partial charge in [-0.05, 0) is 32.6 Å². The van der Waals surface area contributed by atoms with Gasteiger partial charge >= 0.3 is 5.97 Å². The zero-order valence-corrected chi connectivity index (χ0v) is 8.26. The molecular formula is C10H16O3. The quantitative estimate of drug-likeness (QED) is 0.488. The van der Waals surface area contributed by atoms with E-state index in [9.17, 15) is 9.59 Å². The highest BCUT2D eigenvalue weighted by molar-refractivity contribution is 5.87. The van der Waals surface area contributed by atoms with Crippen LogP contribution in [0.5, 0.6) is 0 Å². The van der Waals surface area contributed by atoms with E-state index in [4.69, 9.17) is 4.74 Å². The molecule has 3 heteroatoms. The highest BCUT2D eigenvalue weighted by Gasteiger charge is 2.39. The van der Waals surface area contributed by atoms with Crippen LogP contribution < -0.4 is 0 Å². The topological polar surface area (TPSA) is 43.4 Å². The molecule has 0 saturated heterocycles. The molecule has 0 aromatic heterocycles. The minimum Gasteiger partial charge on any atom is -0.451 e. The minimum atomic E-state index is -0.788. The summed E-state index contributed by atoms with van der Waals surface area (Å²) in [7, 11) is 0. The van der Waals surface area contributed by atoms with E-state index >= 15 is 0 Å². The monoisotopic (exact) mass is 186 g/mol. The van der Waals surface area contributed by atoms with Crippen molar-refractivity contribution < 1.29 is 14.3 Å². The van der Waals surface area contributed by atoms with Crippen LogP contribution in [-0.4, -0.2) is 17.4 Å². The second kappa shape index (κ2) is 3.90. The first-order chi connectivity index (χ1) is 6.07. The van der Waals surface area contributed by atoms with Gasteiger partial charge in [-0.1, -0.05) is 6.42 Å². The van der Waals surface area contributed by atoms with E-state index < -0.39 is 5.60 Å². The maximum atomic E-state index is 11.4. The summed E-state index contributed by atoms with van der Waals surface area (Å²) in [4.78, 5) is 22.2. The molecule has 0 radical (unpaired) electrons. The molecular weight excluding hydrogens is 170 g/mol. The van der Waals surface area contributed by atoms with Crippen LogP contribution in [0.3, 0.4) is 0 Å². The number of hydrogen-bond acceptors (Lipinski definition) is 3. The standard InChI is InChI=1S/C10H16O3/c1-8(11)10(13-9(2)12)6-4-3-5-7-10/h3-7H2,1-2H3/i12+2. The molecule has 3 nitrogen and oxygen atoms in total. The largest absolute Gasteiger partial charge is 0.451 e. The number of Topliss-reactive ketones (excluding diaryl/α,β-unsaturated/α-hetero) is 1. The fraction of sp³-hybridized carbons (Fsp3) is 0.800. The maximum Gasteiger partial charge on any atom is 0.303 e. The third kappa shape index (κ3) is 2.29. The molecule has 0 amide bonds. The third-order valence-electron chi connectivity index (χ3n) is 2.64. The van der Waals surface area contributed by atoms with Gasteiger partial charge in [0.05, 0.1) is 0 Å². The third-order valence-corrected chi connectivity index (χ3v) is 2.64. The van der Waals surface area contributed by atoms with Gasteiger partial charge in [0.1, 0.15) is 0 Å². The molecule has 1 aliphatic rings. The van der Waals surface area contributed by atoms with Crippen molar-refractivity contribution in [2.75, 3.05) is 0 Å². The lowest BCUT2D eigenvalue weighted by Gasteiger charge is -2.33. The molecule has 1 saturated carbocycles. The lowest BCUT2D eigenvalue weighted by Crippen LogP contribution is -2.43. The van der Waals surface area contributed by atoms with Gasteiger partial charge in [-0.15, -0.1) is 0 Å². The molecule has 0 spiro atoms. The van der Waals surface area contributed by atoms with Crippen molar-refractivity contribution in [3.63, 3.8) is 0 Å². The van der Waals surface area contributed by atoms with Crippen molar-refractivity contribution in [3.05, 3.63) is 0 Å². The molecule has 0 aliphatic heterocycles. The van der Waals surface area contributed by atoms with Gasteiger partial charge in [0.25, 0.3) is 0 Å². The molecule has 1 aliphatic carbocycles. The van der Waals surface area contributed by atoms with E-state index in [1.165, 1.54) is 13.8 Å². The van der Waals surface area contributed by atoms with Crippen molar-refractivity contribution in [3.8, 4) is 0 Å². The molecule has 74 valence electrons. The van der Waals surface area contributed by atoms with Crippen molar-refractivity contribution in [2.24, 2.45) is 0 Å². The highest BCUT2D eigenvalue weighted by atomic mass is 18.1. The Labute approximate surface area is 78.5 Å². The van der Waals surface area contributed by atoms with E-state index in [-0.39, 0.29) is 11.8 Å². The lowest BCUT2D eigenvalue weighted by atomic mass is 9.82. The van der Waals surface area contributed by atoms with E-state index in [0.29, 0.717) is 12.8 Å². The Bertz CT molecular complexity index is 214. The van der Waals surface area contributed by atoms with E-state index in [0.717, 1.165) is 19.3 Å². The average Bonchev–Trinajstić information content (AvgIpc) is 2.04. The predicted octanol–water partition coefficient (Wildman–Crippen LogP) is 1.84. The van der Waals surface area contributed by atoms with Crippen molar-refractivity contribution in [1.82, 2.24) is 0 Å². The average molecular weight is 186 g/mol. The summed E-state index contributed by atoms with van der Waals surface area (Å²) in [5, 5.41) is 0. The van der Waals surface area contributed by atoms with Gasteiger partial charge in [0, 0.05) is 6.92 Å². The van der Waals surface area contributed by atoms with Crippen LogP contribution in [0, 0.1) is 0 Å². The normalized spacial score (nSPS) is 20.8. The van der Waals surface area contributed by atoms with Gasteiger partial charge in [-0.25, -0.2) is 0 Å². The van der Waals surface area contributed by atoms with Crippen LogP contribution in [0.25, 0.3) is 0 Å². The zero-order chi connectivity index (χ0) is 9.90. The Kier molecular flexibility index (Phi) is 3.07. The number of esters is 1. The summed E-state index contributed by atoms with van der Waals surface area (Å²) < 4.78 is 5.15. The molecule has 1 rings (SSSR count). The number of carbonyl (C=O) groups is 2. The lowest BCUT2D eigenvalue weighted by molar-refractivity contribution is -0.168. The molecule has 1 fully saturated rings. The molecule has 0 bridgehead atoms. The number of carbonyl (C=O) groups excluding carboxylic acids is 2. The van der Waals surface area contributed by atoms with Gasteiger partial charge < -0.3 is 4.74 Å². The summed E-state index contributed by atoms with van der Waals surface area (Å²) >= 11 is 0. The summed E-state index contributed by atoms with van der Waals surface area (Å²) in [6, 6.07) is 0. The van der Waals surface area contributed by atoms with Crippen molar-refractivity contribution in [1.29, 1.82) is 0 Å². The van der Waals surface area contributed by atoms with Crippen LogP contribution in [0.15, 0.2) is 0 Å². The SMILES string of the molecule is CC(=O)C1(OC(C)=[18O])CCCCC1. The van der Waals surface area contributed by atoms with E-state index in [1.54, 1.807) is 0 Å². The highest BCUT2D eigenvalue weighted by Crippen LogP contribution is 2.32. The first-order valence-corrected chi connectivity index (χ1v) is 4.77. The van der Waals surface area contributed by atoms with Crippen LogP contribution in [0.1, 0.15) is 46.0 Å². The number of rotatable bonds is 2. The number of ketones is 1. The minimum absolute atomic E-state index is 0.0117. The van der Waals surface area contributed by atoms with Crippen LogP contribution >= 0.6 is 0 Å². The molecule has 0 atom stereocenters.